The second-order valence-corrected chi connectivity index (χ2v) is 5.61. The minimum atomic E-state index is -0.0630. The van der Waals surface area contributed by atoms with Crippen LogP contribution in [0.4, 0.5) is 0 Å². The first kappa shape index (κ1) is 12.6. The molecule has 2 atom stereocenters. The third-order valence-corrected chi connectivity index (χ3v) is 3.93. The maximum absolute atomic E-state index is 11.4. The van der Waals surface area contributed by atoms with Crippen molar-refractivity contribution in [1.29, 1.82) is 0 Å². The van der Waals surface area contributed by atoms with E-state index in [4.69, 9.17) is 9.47 Å². The van der Waals surface area contributed by atoms with Gasteiger partial charge in [-0.3, -0.25) is 4.79 Å². The molecule has 0 aromatic carbocycles. The van der Waals surface area contributed by atoms with Crippen LogP contribution in [0.1, 0.15) is 46.0 Å². The fourth-order valence-corrected chi connectivity index (χ4v) is 2.55. The molecule has 0 aromatic heterocycles. The molecule has 0 saturated carbocycles. The van der Waals surface area contributed by atoms with E-state index in [1.807, 2.05) is 0 Å². The van der Waals surface area contributed by atoms with Crippen LogP contribution in [0, 0.1) is 5.92 Å². The summed E-state index contributed by atoms with van der Waals surface area (Å²) in [5.74, 6) is 0.0179. The Balaban J connectivity index is 1.73. The third kappa shape index (κ3) is 3.09. The highest BCUT2D eigenvalue weighted by molar-refractivity contribution is 5.72. The van der Waals surface area contributed by atoms with Crippen molar-refractivity contribution in [2.45, 2.75) is 57.7 Å². The van der Waals surface area contributed by atoms with Gasteiger partial charge in [-0.25, -0.2) is 0 Å². The molecule has 1 saturated heterocycles. The molecule has 96 valence electrons. The summed E-state index contributed by atoms with van der Waals surface area (Å²) in [5, 5.41) is 0. The number of hydrogen-bond donors (Lipinski definition) is 0. The Labute approximate surface area is 103 Å². The minimum absolute atomic E-state index is 0.0630. The number of rotatable bonds is 4. The van der Waals surface area contributed by atoms with E-state index in [1.165, 1.54) is 12.7 Å². The van der Waals surface area contributed by atoms with Crippen molar-refractivity contribution >= 4 is 5.97 Å². The zero-order valence-electron chi connectivity index (χ0n) is 11.0. The summed E-state index contributed by atoms with van der Waals surface area (Å²) in [4.78, 5) is 11.4. The number of epoxide rings is 1. The smallest absolute Gasteiger partial charge is 0.308 e. The van der Waals surface area contributed by atoms with Crippen LogP contribution in [0.2, 0.25) is 0 Å². The Hall–Kier alpha value is -0.830. The van der Waals surface area contributed by atoms with Gasteiger partial charge in [-0.2, -0.15) is 0 Å². The van der Waals surface area contributed by atoms with Crippen LogP contribution in [0.15, 0.2) is 11.6 Å². The van der Waals surface area contributed by atoms with Gasteiger partial charge in [0.1, 0.15) is 0 Å². The molecule has 0 aromatic rings. The third-order valence-electron chi connectivity index (χ3n) is 3.93. The minimum Gasteiger partial charge on any atom is -0.469 e. The zero-order valence-corrected chi connectivity index (χ0v) is 11.0. The predicted molar refractivity (Wildman–Crippen MR) is 65.6 cm³/mol. The summed E-state index contributed by atoms with van der Waals surface area (Å²) in [6, 6.07) is 0. The van der Waals surface area contributed by atoms with Crippen LogP contribution in [0.3, 0.4) is 0 Å². The lowest BCUT2D eigenvalue weighted by molar-refractivity contribution is -0.145. The lowest BCUT2D eigenvalue weighted by Gasteiger charge is -2.19. The molecule has 0 N–H and O–H groups in total. The Kier molecular flexibility index (Phi) is 3.57. The van der Waals surface area contributed by atoms with Crippen LogP contribution >= 0.6 is 0 Å². The average molecular weight is 238 g/mol. The molecular formula is C14H22O3. The summed E-state index contributed by atoms with van der Waals surface area (Å²) in [5.41, 5.74) is 1.58. The largest absolute Gasteiger partial charge is 0.469 e. The Bertz CT molecular complexity index is 330. The molecule has 3 heteroatoms. The Morgan fingerprint density at radius 2 is 2.29 bits per heavy atom. The van der Waals surface area contributed by atoms with Gasteiger partial charge < -0.3 is 9.47 Å². The van der Waals surface area contributed by atoms with Crippen LogP contribution in [0.5, 0.6) is 0 Å². The van der Waals surface area contributed by atoms with E-state index in [2.05, 4.69) is 19.9 Å². The fourth-order valence-electron chi connectivity index (χ4n) is 2.55. The van der Waals surface area contributed by atoms with E-state index in [0.717, 1.165) is 32.1 Å². The topological polar surface area (TPSA) is 38.8 Å². The molecule has 2 rings (SSSR count). The monoisotopic (exact) mass is 238 g/mol. The van der Waals surface area contributed by atoms with Crippen LogP contribution < -0.4 is 0 Å². The first-order valence-electron chi connectivity index (χ1n) is 6.46. The first-order valence-corrected chi connectivity index (χ1v) is 6.46. The molecule has 1 aliphatic heterocycles. The normalized spacial score (nSPS) is 30.6. The number of esters is 1. The van der Waals surface area contributed by atoms with Gasteiger partial charge >= 0.3 is 5.97 Å². The maximum atomic E-state index is 11.4. The summed E-state index contributed by atoms with van der Waals surface area (Å²) < 4.78 is 10.3. The predicted octanol–water partition coefficient (Wildman–Crippen LogP) is 2.84. The van der Waals surface area contributed by atoms with E-state index in [9.17, 15) is 4.79 Å². The Morgan fingerprint density at radius 1 is 1.59 bits per heavy atom. The maximum Gasteiger partial charge on any atom is 0.308 e. The summed E-state index contributed by atoms with van der Waals surface area (Å²) in [6.45, 7) is 4.28. The summed E-state index contributed by atoms with van der Waals surface area (Å²) >= 11 is 0. The van der Waals surface area contributed by atoms with Gasteiger partial charge in [0.2, 0.25) is 0 Å². The SMILES string of the molecule is COC(=O)C1CC=C(CCC2OC2(C)C)CC1. The summed E-state index contributed by atoms with van der Waals surface area (Å²) in [6.07, 6.45) is 7.70. The van der Waals surface area contributed by atoms with E-state index >= 15 is 0 Å². The van der Waals surface area contributed by atoms with Crippen molar-refractivity contribution in [3.63, 3.8) is 0 Å². The van der Waals surface area contributed by atoms with Crippen molar-refractivity contribution < 1.29 is 14.3 Å². The molecular weight excluding hydrogens is 216 g/mol. The van der Waals surface area contributed by atoms with Gasteiger partial charge in [0.05, 0.1) is 24.7 Å². The highest BCUT2D eigenvalue weighted by Gasteiger charge is 2.46. The van der Waals surface area contributed by atoms with Crippen molar-refractivity contribution in [2.75, 3.05) is 7.11 Å². The molecule has 17 heavy (non-hydrogen) atoms. The van der Waals surface area contributed by atoms with Crippen LogP contribution in [-0.4, -0.2) is 24.8 Å². The highest BCUT2D eigenvalue weighted by atomic mass is 16.6. The van der Waals surface area contributed by atoms with Gasteiger partial charge in [-0.1, -0.05) is 11.6 Å². The first-order chi connectivity index (χ1) is 8.03. The number of carbonyl (C=O) groups excluding carboxylic acids is 1. The van der Waals surface area contributed by atoms with E-state index < -0.39 is 0 Å². The van der Waals surface area contributed by atoms with Gasteiger partial charge in [0.25, 0.3) is 0 Å². The van der Waals surface area contributed by atoms with Gasteiger partial charge in [-0.15, -0.1) is 0 Å². The molecule has 0 spiro atoms. The fraction of sp³-hybridized carbons (Fsp3) is 0.786. The second kappa shape index (κ2) is 4.81. The number of methoxy groups -OCH3 is 1. The van der Waals surface area contributed by atoms with Crippen LogP contribution in [-0.2, 0) is 14.3 Å². The molecule has 2 unspecified atom stereocenters. The van der Waals surface area contributed by atoms with Gasteiger partial charge in [0, 0.05) is 0 Å². The standard InChI is InChI=1S/C14H22O3/c1-14(2)12(17-14)9-6-10-4-7-11(8-5-10)13(15)16-3/h4,11-12H,5-9H2,1-3H3. The highest BCUT2D eigenvalue weighted by Crippen LogP contribution is 2.40. The molecule has 0 bridgehead atoms. The van der Waals surface area contributed by atoms with E-state index in [-0.39, 0.29) is 17.5 Å². The second-order valence-electron chi connectivity index (χ2n) is 5.61. The Morgan fingerprint density at radius 3 is 2.76 bits per heavy atom. The lowest BCUT2D eigenvalue weighted by Crippen LogP contribution is -2.18. The molecule has 3 nitrogen and oxygen atoms in total. The molecule has 2 aliphatic rings. The molecule has 1 heterocycles. The van der Waals surface area contributed by atoms with Crippen molar-refractivity contribution in [1.82, 2.24) is 0 Å². The molecule has 0 amide bonds. The zero-order chi connectivity index (χ0) is 12.5. The van der Waals surface area contributed by atoms with Crippen molar-refractivity contribution in [2.24, 2.45) is 5.92 Å². The lowest BCUT2D eigenvalue weighted by atomic mass is 9.87. The average Bonchev–Trinajstić information content (AvgIpc) is 2.94. The van der Waals surface area contributed by atoms with Crippen LogP contribution in [0.25, 0.3) is 0 Å². The number of ether oxygens (including phenoxy) is 2. The quantitative estimate of drug-likeness (QED) is 0.429. The molecule has 1 aliphatic carbocycles. The summed E-state index contributed by atoms with van der Waals surface area (Å²) in [7, 11) is 1.47. The molecule has 1 fully saturated rings. The van der Waals surface area contributed by atoms with Crippen molar-refractivity contribution in [3.8, 4) is 0 Å². The van der Waals surface area contributed by atoms with Gasteiger partial charge in [-0.05, 0) is 46.0 Å². The number of allylic oxidation sites excluding steroid dienone is 2. The van der Waals surface area contributed by atoms with E-state index in [1.54, 1.807) is 0 Å². The number of carbonyl (C=O) groups is 1. The van der Waals surface area contributed by atoms with Gasteiger partial charge in [0.15, 0.2) is 0 Å². The molecule has 0 radical (unpaired) electrons. The van der Waals surface area contributed by atoms with E-state index in [0.29, 0.717) is 6.10 Å². The number of hydrogen-bond acceptors (Lipinski definition) is 3. The van der Waals surface area contributed by atoms with Crippen molar-refractivity contribution in [3.05, 3.63) is 11.6 Å².